The van der Waals surface area contributed by atoms with Crippen LogP contribution in [0.4, 0.5) is 10.5 Å². The lowest BCUT2D eigenvalue weighted by molar-refractivity contribution is -0.110. The summed E-state index contributed by atoms with van der Waals surface area (Å²) >= 11 is 0. The molecule has 2 heterocycles. The molecule has 3 N–H and O–H groups in total. The lowest BCUT2D eigenvalue weighted by Crippen LogP contribution is -2.52. The molecule has 6 nitrogen and oxygen atoms in total. The third kappa shape index (κ3) is 5.26. The molecule has 0 spiro atoms. The van der Waals surface area contributed by atoms with Gasteiger partial charge in [-0.2, -0.15) is 0 Å². The first-order valence-electron chi connectivity index (χ1n) is 10.8. The molecule has 2 amide bonds. The number of fused-ring (bicyclic) bond motifs is 1. The number of rotatable bonds is 10. The number of unbranched alkanes of at least 4 members (excludes halogenated alkanes) is 1. The van der Waals surface area contributed by atoms with Crippen molar-refractivity contribution in [2.24, 2.45) is 0 Å². The number of carbonyl (C=O) groups excluding carboxylic acids is 2. The number of benzene rings is 1. The Kier molecular flexibility index (Phi) is 8.18. The van der Waals surface area contributed by atoms with Crippen LogP contribution in [-0.2, 0) is 16.1 Å². The molecule has 5 radical (unpaired) electrons. The van der Waals surface area contributed by atoms with Crippen molar-refractivity contribution in [2.45, 2.75) is 39.4 Å². The number of H-pyrrole nitrogens is 1. The van der Waals surface area contributed by atoms with Crippen molar-refractivity contribution in [2.75, 3.05) is 12.4 Å². The SMILES string of the molecule is [B][B]B([B])B(CCCCc1c(C)[nH]c(/C=C2\C(=O)Nc3ccccc32)c1C)C(=O)NOC. The van der Waals surface area contributed by atoms with Crippen molar-refractivity contribution in [1.82, 2.24) is 10.5 Å². The van der Waals surface area contributed by atoms with E-state index < -0.39 is 13.0 Å². The maximum Gasteiger partial charge on any atom is 0.256 e. The molecular weight excluding hydrogens is 396 g/mol. The zero-order chi connectivity index (χ0) is 23.3. The van der Waals surface area contributed by atoms with E-state index in [1.807, 2.05) is 37.3 Å². The molecule has 1 aliphatic heterocycles. The van der Waals surface area contributed by atoms with Gasteiger partial charge in [-0.05, 0) is 50.0 Å². The second kappa shape index (κ2) is 10.9. The number of carbonyl (C=O) groups is 2. The van der Waals surface area contributed by atoms with Crippen molar-refractivity contribution in [3.8, 4) is 0 Å². The molecule has 1 aromatic heterocycles. The summed E-state index contributed by atoms with van der Waals surface area (Å²) in [6.07, 6.45) is 4.58. The minimum atomic E-state index is -0.528. The van der Waals surface area contributed by atoms with Gasteiger partial charge in [-0.1, -0.05) is 30.9 Å². The molecule has 0 saturated carbocycles. The van der Waals surface area contributed by atoms with E-state index in [4.69, 9.17) is 20.3 Å². The van der Waals surface area contributed by atoms with E-state index in [1.54, 1.807) is 0 Å². The minimum absolute atomic E-state index is 0.0900. The number of aromatic amines is 1. The zero-order valence-electron chi connectivity index (χ0n) is 18.8. The summed E-state index contributed by atoms with van der Waals surface area (Å²) in [5, 5.41) is 2.91. The van der Waals surface area contributed by atoms with E-state index in [0.29, 0.717) is 11.9 Å². The highest BCUT2D eigenvalue weighted by molar-refractivity contribution is 7.71. The van der Waals surface area contributed by atoms with Gasteiger partial charge in [0.05, 0.1) is 12.7 Å². The summed E-state index contributed by atoms with van der Waals surface area (Å²) in [5.74, 6) is -0.354. The predicted molar refractivity (Wildman–Crippen MR) is 135 cm³/mol. The Bertz CT molecular complexity index is 1020. The van der Waals surface area contributed by atoms with Gasteiger partial charge in [-0.3, -0.25) is 14.4 Å². The maximum atomic E-state index is 12.4. The summed E-state index contributed by atoms with van der Waals surface area (Å²) in [7, 11) is 14.3. The van der Waals surface area contributed by atoms with Gasteiger partial charge in [0.25, 0.3) is 5.91 Å². The normalized spacial score (nSPS) is 13.6. The largest absolute Gasteiger partial charge is 0.359 e. The summed E-state index contributed by atoms with van der Waals surface area (Å²) in [5.41, 5.74) is 9.15. The van der Waals surface area contributed by atoms with Crippen LogP contribution < -0.4 is 10.8 Å². The van der Waals surface area contributed by atoms with Gasteiger partial charge in [0.15, 0.2) is 5.81 Å². The lowest BCUT2D eigenvalue weighted by atomic mass is 8.84. The van der Waals surface area contributed by atoms with Gasteiger partial charge >= 0.3 is 0 Å². The average molecular weight is 422 g/mol. The molecule has 2 aromatic rings. The molecule has 11 heteroatoms. The number of amides is 2. The molecule has 1 aliphatic rings. The quantitative estimate of drug-likeness (QED) is 0.238. The maximum absolute atomic E-state index is 12.4. The second-order valence-corrected chi connectivity index (χ2v) is 8.12. The highest BCUT2D eigenvalue weighted by Crippen LogP contribution is 2.33. The van der Waals surface area contributed by atoms with E-state index in [1.165, 1.54) is 19.7 Å². The van der Waals surface area contributed by atoms with Gasteiger partial charge in [0.2, 0.25) is 6.60 Å². The molecule has 3 rings (SSSR count). The first kappa shape index (κ1) is 24.1. The number of aromatic nitrogens is 1. The summed E-state index contributed by atoms with van der Waals surface area (Å²) < 4.78 is 0. The van der Waals surface area contributed by atoms with Crippen molar-refractivity contribution in [3.63, 3.8) is 0 Å². The molecule has 0 atom stereocenters. The number of aryl methyl sites for hydroxylation is 1. The van der Waals surface area contributed by atoms with Gasteiger partial charge in [-0.25, -0.2) is 5.48 Å². The molecule has 0 fully saturated rings. The summed E-state index contributed by atoms with van der Waals surface area (Å²) in [6, 6.07) is 7.69. The number of hydroxylamine groups is 1. The minimum Gasteiger partial charge on any atom is -0.359 e. The van der Waals surface area contributed by atoms with Crippen LogP contribution in [0, 0.1) is 13.8 Å². The zero-order valence-corrected chi connectivity index (χ0v) is 18.8. The number of hydrogen-bond donors (Lipinski definition) is 3. The molecule has 32 heavy (non-hydrogen) atoms. The topological polar surface area (TPSA) is 83.2 Å². The third-order valence-electron chi connectivity index (χ3n) is 6.05. The number of anilines is 1. The Labute approximate surface area is 193 Å². The van der Waals surface area contributed by atoms with Crippen LogP contribution in [0.3, 0.4) is 0 Å². The fraction of sp³-hybridized carbons (Fsp3) is 0.333. The Hall–Kier alpha value is -2.54. The van der Waals surface area contributed by atoms with E-state index in [0.717, 1.165) is 47.5 Å². The second-order valence-electron chi connectivity index (χ2n) is 8.12. The molecule has 0 saturated heterocycles. The molecule has 0 bridgehead atoms. The smallest absolute Gasteiger partial charge is 0.256 e. The first-order chi connectivity index (χ1) is 15.4. The van der Waals surface area contributed by atoms with Crippen LogP contribution in [0.1, 0.15) is 40.9 Å². The fourth-order valence-electron chi connectivity index (χ4n) is 4.24. The molecule has 0 aliphatic carbocycles. The molecule has 1 aromatic carbocycles. The Morgan fingerprint density at radius 3 is 2.75 bits per heavy atom. The highest BCUT2D eigenvalue weighted by Gasteiger charge is 2.29. The molecule has 157 valence electrons. The van der Waals surface area contributed by atoms with Crippen LogP contribution in [0.25, 0.3) is 11.6 Å². The van der Waals surface area contributed by atoms with Gasteiger partial charge in [0.1, 0.15) is 0 Å². The van der Waals surface area contributed by atoms with E-state index in [9.17, 15) is 9.59 Å². The van der Waals surface area contributed by atoms with Crippen LogP contribution >= 0.6 is 0 Å². The highest BCUT2D eigenvalue weighted by atomic mass is 16.6. The van der Waals surface area contributed by atoms with Crippen molar-refractivity contribution in [1.29, 1.82) is 0 Å². The summed E-state index contributed by atoms with van der Waals surface area (Å²) in [6.45, 7) is 3.67. The first-order valence-corrected chi connectivity index (χ1v) is 10.8. The molecule has 0 unspecified atom stereocenters. The van der Waals surface area contributed by atoms with Gasteiger partial charge in [0, 0.05) is 51.6 Å². The standard InChI is InChI=1S/C21H25B5N3O3/c1-13-15(8-6-7-11-25(26(23)24-22)21(31)29-32-3)14(2)27-19(13)12-17-16-9-4-5-10-18(16)28-20(17)30/h4-5,9-10,12,27H,6-8,11H2,1-3H3,(H,28,30)(H,29,31)/b17-12-. The third-order valence-corrected chi connectivity index (χ3v) is 6.05. The fourth-order valence-corrected chi connectivity index (χ4v) is 4.24. The van der Waals surface area contributed by atoms with Crippen molar-refractivity contribution < 1.29 is 14.4 Å². The van der Waals surface area contributed by atoms with Crippen LogP contribution in [0.2, 0.25) is 6.32 Å². The summed E-state index contributed by atoms with van der Waals surface area (Å²) in [4.78, 5) is 32.8. The van der Waals surface area contributed by atoms with Crippen LogP contribution in [-0.4, -0.2) is 59.3 Å². The van der Waals surface area contributed by atoms with E-state index >= 15 is 0 Å². The number of nitrogens with one attached hydrogen (secondary N) is 3. The van der Waals surface area contributed by atoms with Crippen LogP contribution in [0.5, 0.6) is 0 Å². The van der Waals surface area contributed by atoms with Crippen molar-refractivity contribution >= 4 is 64.6 Å². The predicted octanol–water partition coefficient (Wildman–Crippen LogP) is 2.32. The monoisotopic (exact) mass is 422 g/mol. The lowest BCUT2D eigenvalue weighted by Gasteiger charge is -2.17. The van der Waals surface area contributed by atoms with E-state index in [-0.39, 0.29) is 11.7 Å². The van der Waals surface area contributed by atoms with Gasteiger partial charge < -0.3 is 10.3 Å². The number of hydrogen-bond acceptors (Lipinski definition) is 3. The Morgan fingerprint density at radius 2 is 2.03 bits per heavy atom. The van der Waals surface area contributed by atoms with E-state index in [2.05, 4.69) is 22.7 Å². The molecular formula is C21H25B5N3O3. The Balaban J connectivity index is 1.67. The number of para-hydroxylation sites is 1. The van der Waals surface area contributed by atoms with Crippen LogP contribution in [0.15, 0.2) is 24.3 Å². The average Bonchev–Trinajstić information content (AvgIpc) is 3.23. The van der Waals surface area contributed by atoms with Gasteiger partial charge in [-0.15, -0.1) is 0 Å². The van der Waals surface area contributed by atoms with Crippen molar-refractivity contribution in [3.05, 3.63) is 52.3 Å². The Morgan fingerprint density at radius 1 is 1.28 bits per heavy atom.